The first-order chi connectivity index (χ1) is 13.4. The Morgan fingerprint density at radius 2 is 1.55 bits per heavy atom. The third kappa shape index (κ3) is 2.23. The van der Waals surface area contributed by atoms with Crippen LogP contribution in [0.2, 0.25) is 0 Å². The lowest BCUT2D eigenvalue weighted by atomic mass is 9.41. The molecule has 5 rings (SSSR count). The molecule has 0 aliphatic heterocycles. The van der Waals surface area contributed by atoms with Crippen LogP contribution in [0.3, 0.4) is 0 Å². The minimum atomic E-state index is -0.609. The third-order valence-electron chi connectivity index (χ3n) is 12.9. The van der Waals surface area contributed by atoms with Gasteiger partial charge in [-0.25, -0.2) is 0 Å². The number of fused-ring (bicyclic) bond motifs is 2. The van der Waals surface area contributed by atoms with E-state index in [-0.39, 0.29) is 0 Å². The smallest absolute Gasteiger partial charge is 0.303 e. The minimum Gasteiger partial charge on any atom is -0.481 e. The molecule has 5 fully saturated rings. The monoisotopic (exact) mass is 400 g/mol. The summed E-state index contributed by atoms with van der Waals surface area (Å²) in [5, 5.41) is 9.42. The van der Waals surface area contributed by atoms with Gasteiger partial charge in [0, 0.05) is 6.42 Å². The molecule has 29 heavy (non-hydrogen) atoms. The van der Waals surface area contributed by atoms with Crippen molar-refractivity contribution in [2.24, 2.45) is 56.7 Å². The molecule has 0 aromatic heterocycles. The SMILES string of the molecule is C[C@H](CC(=O)O)[C@H]1CC[C@@]2(C)C3CCC4C(C)(C)[C@@H](C)CC[C@@]45C[C@@]35CC[C@]12C. The fourth-order valence-electron chi connectivity index (χ4n) is 10.9. The van der Waals surface area contributed by atoms with Crippen LogP contribution < -0.4 is 0 Å². The van der Waals surface area contributed by atoms with E-state index in [4.69, 9.17) is 0 Å². The molecular formula is C27H44O2. The Bertz CT molecular complexity index is 726. The van der Waals surface area contributed by atoms with Crippen LogP contribution in [0.5, 0.6) is 0 Å². The summed E-state index contributed by atoms with van der Waals surface area (Å²) in [4.78, 5) is 11.4. The molecule has 0 saturated heterocycles. The van der Waals surface area contributed by atoms with Gasteiger partial charge in [0.25, 0.3) is 0 Å². The zero-order chi connectivity index (χ0) is 21.0. The van der Waals surface area contributed by atoms with Crippen LogP contribution in [0.4, 0.5) is 0 Å². The number of carbonyl (C=O) groups is 1. The highest BCUT2D eigenvalue weighted by Gasteiger charge is 2.81. The molecule has 2 nitrogen and oxygen atoms in total. The maximum Gasteiger partial charge on any atom is 0.303 e. The maximum absolute atomic E-state index is 11.4. The van der Waals surface area contributed by atoms with Gasteiger partial charge in [0.1, 0.15) is 0 Å². The van der Waals surface area contributed by atoms with E-state index >= 15 is 0 Å². The number of aliphatic carboxylic acids is 1. The second-order valence-electron chi connectivity index (χ2n) is 13.5. The lowest BCUT2D eigenvalue weighted by Crippen LogP contribution is -2.56. The van der Waals surface area contributed by atoms with Crippen LogP contribution >= 0.6 is 0 Å². The van der Waals surface area contributed by atoms with Crippen LogP contribution in [0.1, 0.15) is 106 Å². The molecule has 2 spiro atoms. The minimum absolute atomic E-state index is 0.312. The van der Waals surface area contributed by atoms with E-state index in [1.165, 1.54) is 57.8 Å². The van der Waals surface area contributed by atoms with Gasteiger partial charge in [0.05, 0.1) is 0 Å². The molecule has 0 heterocycles. The van der Waals surface area contributed by atoms with Crippen molar-refractivity contribution in [2.45, 2.75) is 106 Å². The summed E-state index contributed by atoms with van der Waals surface area (Å²) in [5.74, 6) is 2.98. The van der Waals surface area contributed by atoms with Crippen molar-refractivity contribution in [2.75, 3.05) is 0 Å². The summed E-state index contributed by atoms with van der Waals surface area (Å²) >= 11 is 0. The fraction of sp³-hybridized carbons (Fsp3) is 0.963. The van der Waals surface area contributed by atoms with Gasteiger partial charge in [-0.1, -0.05) is 41.5 Å². The van der Waals surface area contributed by atoms with Gasteiger partial charge in [-0.2, -0.15) is 0 Å². The maximum atomic E-state index is 11.4. The van der Waals surface area contributed by atoms with E-state index in [1.807, 2.05) is 0 Å². The van der Waals surface area contributed by atoms with Crippen molar-refractivity contribution in [3.8, 4) is 0 Å². The third-order valence-corrected chi connectivity index (χ3v) is 12.9. The van der Waals surface area contributed by atoms with E-state index in [9.17, 15) is 9.90 Å². The van der Waals surface area contributed by atoms with E-state index in [0.29, 0.717) is 45.3 Å². The topological polar surface area (TPSA) is 37.3 Å². The fourth-order valence-corrected chi connectivity index (χ4v) is 10.9. The van der Waals surface area contributed by atoms with Gasteiger partial charge in [-0.05, 0) is 114 Å². The molecule has 0 bridgehead atoms. The van der Waals surface area contributed by atoms with Crippen molar-refractivity contribution in [3.05, 3.63) is 0 Å². The van der Waals surface area contributed by atoms with E-state index in [2.05, 4.69) is 41.5 Å². The molecule has 0 aromatic carbocycles. The molecule has 0 aromatic rings. The van der Waals surface area contributed by atoms with Crippen LogP contribution in [0, 0.1) is 56.7 Å². The first kappa shape index (κ1) is 20.4. The van der Waals surface area contributed by atoms with Crippen molar-refractivity contribution in [1.29, 1.82) is 0 Å². The highest BCUT2D eigenvalue weighted by Crippen LogP contribution is 2.89. The summed E-state index contributed by atoms with van der Waals surface area (Å²) in [5.41, 5.74) is 2.55. The summed E-state index contributed by atoms with van der Waals surface area (Å²) in [6.07, 6.45) is 13.1. The summed E-state index contributed by atoms with van der Waals surface area (Å²) < 4.78 is 0. The Balaban J connectivity index is 1.48. The summed E-state index contributed by atoms with van der Waals surface area (Å²) in [7, 11) is 0. The van der Waals surface area contributed by atoms with Gasteiger partial charge in [-0.3, -0.25) is 4.79 Å². The highest BCUT2D eigenvalue weighted by atomic mass is 16.4. The molecule has 5 aliphatic rings. The first-order valence-corrected chi connectivity index (χ1v) is 12.7. The Morgan fingerprint density at radius 1 is 0.897 bits per heavy atom. The molecule has 2 heteroatoms. The molecule has 5 saturated carbocycles. The van der Waals surface area contributed by atoms with Gasteiger partial charge >= 0.3 is 5.97 Å². The zero-order valence-electron chi connectivity index (χ0n) is 19.8. The van der Waals surface area contributed by atoms with E-state index in [1.54, 1.807) is 0 Å². The molecule has 9 atom stereocenters. The van der Waals surface area contributed by atoms with E-state index < -0.39 is 5.97 Å². The first-order valence-electron chi connectivity index (χ1n) is 12.7. The Labute approximate surface area is 178 Å². The second-order valence-corrected chi connectivity index (χ2v) is 13.5. The van der Waals surface area contributed by atoms with Crippen LogP contribution in [0.15, 0.2) is 0 Å². The Kier molecular flexibility index (Phi) is 4.09. The largest absolute Gasteiger partial charge is 0.481 e. The predicted octanol–water partition coefficient (Wildman–Crippen LogP) is 7.17. The molecule has 2 unspecified atom stereocenters. The normalized spacial score (nSPS) is 55.8. The lowest BCUT2D eigenvalue weighted by Gasteiger charge is -2.63. The quantitative estimate of drug-likeness (QED) is 0.545. The number of hydrogen-bond donors (Lipinski definition) is 1. The molecule has 1 N–H and O–H groups in total. The number of carboxylic acid groups (broad SMARTS) is 1. The van der Waals surface area contributed by atoms with Gasteiger partial charge < -0.3 is 5.11 Å². The second kappa shape index (κ2) is 5.83. The van der Waals surface area contributed by atoms with Gasteiger partial charge in [0.2, 0.25) is 0 Å². The average molecular weight is 401 g/mol. The van der Waals surface area contributed by atoms with Gasteiger partial charge in [0.15, 0.2) is 0 Å². The predicted molar refractivity (Wildman–Crippen MR) is 117 cm³/mol. The zero-order valence-corrected chi connectivity index (χ0v) is 19.8. The Morgan fingerprint density at radius 3 is 2.24 bits per heavy atom. The molecule has 0 amide bonds. The highest BCUT2D eigenvalue weighted by molar-refractivity contribution is 5.67. The van der Waals surface area contributed by atoms with Crippen molar-refractivity contribution >= 4 is 5.97 Å². The van der Waals surface area contributed by atoms with Crippen molar-refractivity contribution in [3.63, 3.8) is 0 Å². The molecule has 0 radical (unpaired) electrons. The standard InChI is InChI=1S/C27H44O2/c1-17(15-22(28)29)19-10-11-25(6)21-8-7-20-23(3,4)18(2)9-12-26(20)16-27(21,26)14-13-24(19,25)5/h17-21H,7-16H2,1-6H3,(H,28,29)/t17-,18+,19-,20?,21?,24-,25+,26-,27+/m1/s1. The summed E-state index contributed by atoms with van der Waals surface area (Å²) in [6, 6.07) is 0. The molecule has 5 aliphatic carbocycles. The van der Waals surface area contributed by atoms with Crippen molar-refractivity contribution in [1.82, 2.24) is 0 Å². The molecular weight excluding hydrogens is 356 g/mol. The lowest BCUT2D eigenvalue weighted by molar-refractivity contribution is -0.152. The van der Waals surface area contributed by atoms with Crippen LogP contribution in [-0.4, -0.2) is 11.1 Å². The Hall–Kier alpha value is -0.530. The number of hydrogen-bond acceptors (Lipinski definition) is 1. The van der Waals surface area contributed by atoms with E-state index in [0.717, 1.165) is 17.8 Å². The van der Waals surface area contributed by atoms with Crippen LogP contribution in [0.25, 0.3) is 0 Å². The summed E-state index contributed by atoms with van der Waals surface area (Å²) in [6.45, 7) is 15.1. The van der Waals surface area contributed by atoms with Crippen molar-refractivity contribution < 1.29 is 9.90 Å². The average Bonchev–Trinajstić information content (AvgIpc) is 3.21. The molecule has 164 valence electrons. The number of rotatable bonds is 3. The van der Waals surface area contributed by atoms with Crippen LogP contribution in [-0.2, 0) is 4.79 Å². The van der Waals surface area contributed by atoms with Gasteiger partial charge in [-0.15, -0.1) is 0 Å². The number of carboxylic acids is 1.